The Bertz CT molecular complexity index is 666. The van der Waals surface area contributed by atoms with E-state index in [1.807, 2.05) is 0 Å². The first-order chi connectivity index (χ1) is 9.79. The van der Waals surface area contributed by atoms with Crippen LogP contribution in [-0.4, -0.2) is 5.91 Å². The fraction of sp³-hybridized carbons (Fsp3) is 0.0714. The first-order valence-electron chi connectivity index (χ1n) is 5.81. The van der Waals surface area contributed by atoms with Gasteiger partial charge < -0.3 is 11.1 Å². The summed E-state index contributed by atoms with van der Waals surface area (Å²) in [7, 11) is 0. The summed E-state index contributed by atoms with van der Waals surface area (Å²) >= 11 is 5.87. The van der Waals surface area contributed by atoms with E-state index in [1.54, 1.807) is 6.07 Å². The van der Waals surface area contributed by atoms with E-state index >= 15 is 0 Å². The lowest BCUT2D eigenvalue weighted by atomic mass is 10.1. The predicted molar refractivity (Wildman–Crippen MR) is 75.3 cm³/mol. The number of benzene rings is 2. The molecule has 0 radical (unpaired) electrons. The van der Waals surface area contributed by atoms with Crippen LogP contribution in [0.15, 0.2) is 42.5 Å². The van der Waals surface area contributed by atoms with E-state index in [0.29, 0.717) is 0 Å². The van der Waals surface area contributed by atoms with Gasteiger partial charge in [0.2, 0.25) is 0 Å². The van der Waals surface area contributed by atoms with E-state index in [4.69, 9.17) is 17.3 Å². The Kier molecular flexibility index (Phi) is 4.09. The smallest absolute Gasteiger partial charge is 0.398 e. The van der Waals surface area contributed by atoms with Gasteiger partial charge in [-0.2, -0.15) is 13.2 Å². The third kappa shape index (κ3) is 3.46. The summed E-state index contributed by atoms with van der Waals surface area (Å²) in [6, 6.07) is 8.82. The minimum Gasteiger partial charge on any atom is -0.398 e. The van der Waals surface area contributed by atoms with Gasteiger partial charge in [0.25, 0.3) is 5.91 Å². The molecule has 0 bridgehead atoms. The second kappa shape index (κ2) is 5.65. The Morgan fingerprint density at radius 3 is 2.43 bits per heavy atom. The number of alkyl halides is 3. The molecule has 7 heteroatoms. The van der Waals surface area contributed by atoms with Crippen molar-refractivity contribution in [1.82, 2.24) is 0 Å². The van der Waals surface area contributed by atoms with Crippen molar-refractivity contribution < 1.29 is 18.0 Å². The predicted octanol–water partition coefficient (Wildman–Crippen LogP) is 4.19. The number of hydrogen-bond acceptors (Lipinski definition) is 2. The molecule has 0 atom stereocenters. The van der Waals surface area contributed by atoms with E-state index in [0.717, 1.165) is 12.1 Å². The fourth-order valence-corrected chi connectivity index (χ4v) is 2.01. The summed E-state index contributed by atoms with van der Waals surface area (Å²) in [5, 5.41) is 2.47. The molecule has 2 rings (SSSR count). The third-order valence-electron chi connectivity index (χ3n) is 2.72. The minimum atomic E-state index is -4.48. The summed E-state index contributed by atoms with van der Waals surface area (Å²) in [6.07, 6.45) is -4.48. The molecule has 110 valence electrons. The zero-order chi connectivity index (χ0) is 15.6. The quantitative estimate of drug-likeness (QED) is 0.816. The van der Waals surface area contributed by atoms with Crippen LogP contribution in [0.2, 0.25) is 5.02 Å². The molecule has 0 spiro atoms. The average Bonchev–Trinajstić information content (AvgIpc) is 2.37. The number of halogens is 4. The van der Waals surface area contributed by atoms with Crippen LogP contribution in [0.5, 0.6) is 0 Å². The number of nitrogens with one attached hydrogen (secondary N) is 1. The van der Waals surface area contributed by atoms with Crippen LogP contribution in [-0.2, 0) is 6.18 Å². The van der Waals surface area contributed by atoms with Crippen LogP contribution in [0.4, 0.5) is 24.5 Å². The minimum absolute atomic E-state index is 0.00847. The summed E-state index contributed by atoms with van der Waals surface area (Å²) in [6.45, 7) is 0. The van der Waals surface area contributed by atoms with Crippen LogP contribution in [0.25, 0.3) is 0 Å². The second-order valence-electron chi connectivity index (χ2n) is 4.24. The second-order valence-corrected chi connectivity index (χ2v) is 4.64. The van der Waals surface area contributed by atoms with E-state index in [1.165, 1.54) is 24.3 Å². The third-order valence-corrected chi connectivity index (χ3v) is 3.04. The number of carbonyl (C=O) groups excluding carboxylic acids is 1. The number of nitrogens with two attached hydrogens (primary N) is 1. The van der Waals surface area contributed by atoms with Crippen molar-refractivity contribution in [2.24, 2.45) is 0 Å². The highest BCUT2D eigenvalue weighted by molar-refractivity contribution is 6.35. The Labute approximate surface area is 123 Å². The van der Waals surface area contributed by atoms with Crippen LogP contribution in [0.1, 0.15) is 15.9 Å². The molecule has 21 heavy (non-hydrogen) atoms. The van der Waals surface area contributed by atoms with Gasteiger partial charge in [0.1, 0.15) is 0 Å². The zero-order valence-corrected chi connectivity index (χ0v) is 11.3. The summed E-state index contributed by atoms with van der Waals surface area (Å²) in [4.78, 5) is 12.1. The van der Waals surface area contributed by atoms with Gasteiger partial charge in [0.05, 0.1) is 16.1 Å². The van der Waals surface area contributed by atoms with E-state index in [-0.39, 0.29) is 22.0 Å². The molecule has 1 amide bonds. The highest BCUT2D eigenvalue weighted by Crippen LogP contribution is 2.31. The molecule has 2 aromatic rings. The average molecular weight is 315 g/mol. The number of rotatable bonds is 2. The van der Waals surface area contributed by atoms with Crippen molar-refractivity contribution in [2.75, 3.05) is 11.1 Å². The lowest BCUT2D eigenvalue weighted by molar-refractivity contribution is -0.137. The standard InChI is InChI=1S/C14H10ClF3N2O/c15-10-5-2-6-11(19)12(10)13(21)20-9-4-1-3-8(7-9)14(16,17)18/h1-7H,19H2,(H,20,21). The Hall–Kier alpha value is -2.21. The first-order valence-corrected chi connectivity index (χ1v) is 6.19. The molecule has 0 heterocycles. The van der Waals surface area contributed by atoms with Crippen molar-refractivity contribution in [1.29, 1.82) is 0 Å². The van der Waals surface area contributed by atoms with Gasteiger partial charge in [-0.05, 0) is 30.3 Å². The van der Waals surface area contributed by atoms with E-state index in [9.17, 15) is 18.0 Å². The van der Waals surface area contributed by atoms with E-state index < -0.39 is 17.6 Å². The molecule has 0 saturated carbocycles. The molecule has 0 aliphatic heterocycles. The molecule has 0 aromatic heterocycles. The maximum absolute atomic E-state index is 12.6. The van der Waals surface area contributed by atoms with Gasteiger partial charge in [-0.1, -0.05) is 23.7 Å². The number of amides is 1. The monoisotopic (exact) mass is 314 g/mol. The van der Waals surface area contributed by atoms with Gasteiger partial charge in [-0.3, -0.25) is 4.79 Å². The highest BCUT2D eigenvalue weighted by atomic mass is 35.5. The SMILES string of the molecule is Nc1cccc(Cl)c1C(=O)Nc1cccc(C(F)(F)F)c1. The van der Waals surface area contributed by atoms with Crippen molar-refractivity contribution in [3.05, 3.63) is 58.6 Å². The van der Waals surface area contributed by atoms with Gasteiger partial charge in [-0.15, -0.1) is 0 Å². The summed E-state index contributed by atoms with van der Waals surface area (Å²) in [5.41, 5.74) is 4.97. The Morgan fingerprint density at radius 1 is 1.14 bits per heavy atom. The van der Waals surface area contributed by atoms with Gasteiger partial charge in [0, 0.05) is 11.4 Å². The van der Waals surface area contributed by atoms with Crippen LogP contribution >= 0.6 is 11.6 Å². The van der Waals surface area contributed by atoms with Crippen LogP contribution < -0.4 is 11.1 Å². The Morgan fingerprint density at radius 2 is 1.81 bits per heavy atom. The summed E-state index contributed by atoms with van der Waals surface area (Å²) in [5.74, 6) is -0.669. The number of anilines is 2. The van der Waals surface area contributed by atoms with Gasteiger partial charge >= 0.3 is 6.18 Å². The normalized spacial score (nSPS) is 11.2. The lowest BCUT2D eigenvalue weighted by Gasteiger charge is -2.11. The van der Waals surface area contributed by atoms with Crippen molar-refractivity contribution in [3.63, 3.8) is 0 Å². The molecular formula is C14H10ClF3N2O. The fourth-order valence-electron chi connectivity index (χ4n) is 1.75. The molecule has 2 aromatic carbocycles. The molecule has 0 aliphatic rings. The van der Waals surface area contributed by atoms with Crippen LogP contribution in [0.3, 0.4) is 0 Å². The molecule has 3 nitrogen and oxygen atoms in total. The molecule has 0 saturated heterocycles. The maximum Gasteiger partial charge on any atom is 0.416 e. The van der Waals surface area contributed by atoms with Crippen molar-refractivity contribution in [2.45, 2.75) is 6.18 Å². The maximum atomic E-state index is 12.6. The number of carbonyl (C=O) groups is 1. The molecule has 3 N–H and O–H groups in total. The van der Waals surface area contributed by atoms with Crippen LogP contribution in [0, 0.1) is 0 Å². The van der Waals surface area contributed by atoms with Gasteiger partial charge in [-0.25, -0.2) is 0 Å². The summed E-state index contributed by atoms with van der Waals surface area (Å²) < 4.78 is 37.8. The number of hydrogen-bond donors (Lipinski definition) is 2. The Balaban J connectivity index is 2.28. The van der Waals surface area contributed by atoms with Crippen molar-refractivity contribution in [3.8, 4) is 0 Å². The highest BCUT2D eigenvalue weighted by Gasteiger charge is 2.30. The molecule has 0 fully saturated rings. The van der Waals surface area contributed by atoms with Gasteiger partial charge in [0.15, 0.2) is 0 Å². The zero-order valence-electron chi connectivity index (χ0n) is 10.5. The molecular weight excluding hydrogens is 305 g/mol. The number of nitrogen functional groups attached to an aromatic ring is 1. The first kappa shape index (κ1) is 15.2. The van der Waals surface area contributed by atoms with E-state index in [2.05, 4.69) is 5.32 Å². The topological polar surface area (TPSA) is 55.1 Å². The lowest BCUT2D eigenvalue weighted by Crippen LogP contribution is -2.15. The largest absolute Gasteiger partial charge is 0.416 e. The molecule has 0 aliphatic carbocycles. The molecule has 0 unspecified atom stereocenters. The van der Waals surface area contributed by atoms with Crippen molar-refractivity contribution >= 4 is 28.9 Å².